The predicted octanol–water partition coefficient (Wildman–Crippen LogP) is 2.33. The number of benzene rings is 1. The second kappa shape index (κ2) is 3.83. The van der Waals surface area contributed by atoms with Crippen molar-refractivity contribution in [1.82, 2.24) is 0 Å². The monoisotopic (exact) mass is 209 g/mol. The number of hydrogen-bond acceptors (Lipinski definition) is 3. The summed E-state index contributed by atoms with van der Waals surface area (Å²) in [5.74, 6) is 1.98. The predicted molar refractivity (Wildman–Crippen MR) is 60.7 cm³/mol. The van der Waals surface area contributed by atoms with Gasteiger partial charge in [-0.25, -0.2) is 0 Å². The molecule has 2 atom stereocenters. The van der Waals surface area contributed by atoms with Gasteiger partial charge in [-0.05, 0) is 11.6 Å². The van der Waals surface area contributed by atoms with Crippen molar-refractivity contribution in [3.63, 3.8) is 0 Å². The van der Waals surface area contributed by atoms with E-state index in [2.05, 4.69) is 13.0 Å². The Kier molecular flexibility index (Phi) is 2.70. The molecule has 0 amide bonds. The van der Waals surface area contributed by atoms with Crippen LogP contribution in [0.4, 0.5) is 0 Å². The van der Waals surface area contributed by atoms with Crippen molar-refractivity contribution in [2.75, 3.05) is 7.11 Å². The van der Waals surface area contributed by atoms with E-state index in [1.54, 1.807) is 7.11 Å². The molecule has 2 rings (SSSR count). The first kappa shape index (κ1) is 9.87. The van der Waals surface area contributed by atoms with Gasteiger partial charge in [-0.2, -0.15) is 11.8 Å². The summed E-state index contributed by atoms with van der Waals surface area (Å²) in [6.07, 6.45) is 0. The minimum atomic E-state index is 0.138. The Morgan fingerprint density at radius 3 is 3.00 bits per heavy atom. The van der Waals surface area contributed by atoms with Gasteiger partial charge in [-0.15, -0.1) is 0 Å². The fourth-order valence-corrected chi connectivity index (χ4v) is 2.90. The Hall–Kier alpha value is -0.670. The average Bonchev–Trinajstić information content (AvgIpc) is 2.23. The Morgan fingerprint density at radius 2 is 2.29 bits per heavy atom. The van der Waals surface area contributed by atoms with Crippen LogP contribution >= 0.6 is 11.8 Å². The van der Waals surface area contributed by atoms with Gasteiger partial charge in [0.2, 0.25) is 0 Å². The molecule has 3 heteroatoms. The molecular weight excluding hydrogens is 194 g/mol. The van der Waals surface area contributed by atoms with E-state index in [4.69, 9.17) is 10.5 Å². The summed E-state index contributed by atoms with van der Waals surface area (Å²) in [4.78, 5) is 0. The molecule has 0 spiro atoms. The molecule has 1 heterocycles. The molecule has 14 heavy (non-hydrogen) atoms. The van der Waals surface area contributed by atoms with Gasteiger partial charge in [0.1, 0.15) is 5.75 Å². The van der Waals surface area contributed by atoms with Crippen molar-refractivity contribution in [3.8, 4) is 5.75 Å². The highest BCUT2D eigenvalue weighted by atomic mass is 32.2. The molecule has 0 saturated heterocycles. The molecular formula is C11H15NOS. The standard InChI is InChI=1S/C11H15NOS/c1-7-11(12)8-4-3-5-10(13-2)9(8)6-14-7/h3-5,7,11H,6,12H2,1-2H3. The van der Waals surface area contributed by atoms with Gasteiger partial charge in [0, 0.05) is 22.6 Å². The second-order valence-corrected chi connectivity index (χ2v) is 4.94. The lowest BCUT2D eigenvalue weighted by Crippen LogP contribution is -2.26. The molecule has 0 saturated carbocycles. The molecule has 1 aromatic carbocycles. The summed E-state index contributed by atoms with van der Waals surface area (Å²) < 4.78 is 5.33. The van der Waals surface area contributed by atoms with Crippen LogP contribution in [0.1, 0.15) is 24.1 Å². The van der Waals surface area contributed by atoms with E-state index < -0.39 is 0 Å². The smallest absolute Gasteiger partial charge is 0.123 e. The summed E-state index contributed by atoms with van der Waals surface area (Å²) in [5, 5.41) is 0.495. The van der Waals surface area contributed by atoms with Gasteiger partial charge in [0.25, 0.3) is 0 Å². The molecule has 1 aliphatic heterocycles. The first-order chi connectivity index (χ1) is 6.74. The molecule has 2 unspecified atom stereocenters. The number of thioether (sulfide) groups is 1. The van der Waals surface area contributed by atoms with Crippen molar-refractivity contribution in [3.05, 3.63) is 29.3 Å². The van der Waals surface area contributed by atoms with Gasteiger partial charge in [-0.3, -0.25) is 0 Å². The van der Waals surface area contributed by atoms with Crippen molar-refractivity contribution in [1.29, 1.82) is 0 Å². The Labute approximate surface area is 88.8 Å². The Morgan fingerprint density at radius 1 is 1.50 bits per heavy atom. The van der Waals surface area contributed by atoms with E-state index in [1.807, 2.05) is 23.9 Å². The number of fused-ring (bicyclic) bond motifs is 1. The normalized spacial score (nSPS) is 25.6. The molecule has 76 valence electrons. The van der Waals surface area contributed by atoms with Gasteiger partial charge in [0.15, 0.2) is 0 Å². The van der Waals surface area contributed by atoms with Crippen LogP contribution in [-0.4, -0.2) is 12.4 Å². The summed E-state index contributed by atoms with van der Waals surface area (Å²) >= 11 is 1.89. The number of nitrogens with two attached hydrogens (primary N) is 1. The summed E-state index contributed by atoms with van der Waals surface area (Å²) in [5.41, 5.74) is 8.65. The van der Waals surface area contributed by atoms with Crippen LogP contribution in [0.3, 0.4) is 0 Å². The minimum Gasteiger partial charge on any atom is -0.496 e. The first-order valence-electron chi connectivity index (χ1n) is 4.77. The van der Waals surface area contributed by atoms with Crippen molar-refractivity contribution in [2.45, 2.75) is 24.0 Å². The zero-order chi connectivity index (χ0) is 10.1. The molecule has 0 aliphatic carbocycles. The van der Waals surface area contributed by atoms with E-state index >= 15 is 0 Å². The highest BCUT2D eigenvalue weighted by Crippen LogP contribution is 2.39. The van der Waals surface area contributed by atoms with Crippen LogP contribution in [-0.2, 0) is 5.75 Å². The lowest BCUT2D eigenvalue weighted by molar-refractivity contribution is 0.409. The van der Waals surface area contributed by atoms with E-state index in [0.29, 0.717) is 5.25 Å². The molecule has 1 aromatic rings. The summed E-state index contributed by atoms with van der Waals surface area (Å²) in [6.45, 7) is 2.18. The average molecular weight is 209 g/mol. The third kappa shape index (κ3) is 1.51. The molecule has 1 aliphatic rings. The maximum Gasteiger partial charge on any atom is 0.123 e. The van der Waals surface area contributed by atoms with Crippen LogP contribution in [0.15, 0.2) is 18.2 Å². The molecule has 0 bridgehead atoms. The summed E-state index contributed by atoms with van der Waals surface area (Å²) in [6, 6.07) is 6.26. The quantitative estimate of drug-likeness (QED) is 0.771. The zero-order valence-corrected chi connectivity index (χ0v) is 9.30. The highest BCUT2D eigenvalue weighted by molar-refractivity contribution is 7.99. The van der Waals surface area contributed by atoms with Crippen LogP contribution in [0.25, 0.3) is 0 Å². The van der Waals surface area contributed by atoms with Crippen molar-refractivity contribution >= 4 is 11.8 Å². The summed E-state index contributed by atoms with van der Waals surface area (Å²) in [7, 11) is 1.71. The first-order valence-corrected chi connectivity index (χ1v) is 5.82. The second-order valence-electron chi connectivity index (χ2n) is 3.57. The molecule has 0 radical (unpaired) electrons. The number of hydrogen-bond donors (Lipinski definition) is 1. The highest BCUT2D eigenvalue weighted by Gasteiger charge is 2.25. The SMILES string of the molecule is COc1cccc2c1CSC(C)C2N. The maximum absolute atomic E-state index is 6.14. The van der Waals surface area contributed by atoms with Crippen LogP contribution in [0.5, 0.6) is 5.75 Å². The minimum absolute atomic E-state index is 0.138. The van der Waals surface area contributed by atoms with Gasteiger partial charge < -0.3 is 10.5 Å². The van der Waals surface area contributed by atoms with Gasteiger partial charge in [0.05, 0.1) is 7.11 Å². The zero-order valence-electron chi connectivity index (χ0n) is 8.49. The van der Waals surface area contributed by atoms with Crippen LogP contribution < -0.4 is 10.5 Å². The van der Waals surface area contributed by atoms with E-state index in [1.165, 1.54) is 11.1 Å². The molecule has 2 N–H and O–H groups in total. The van der Waals surface area contributed by atoms with Gasteiger partial charge >= 0.3 is 0 Å². The largest absolute Gasteiger partial charge is 0.496 e. The van der Waals surface area contributed by atoms with E-state index in [9.17, 15) is 0 Å². The van der Waals surface area contributed by atoms with E-state index in [0.717, 1.165) is 11.5 Å². The molecule has 0 aromatic heterocycles. The van der Waals surface area contributed by atoms with Gasteiger partial charge in [-0.1, -0.05) is 19.1 Å². The van der Waals surface area contributed by atoms with Crippen LogP contribution in [0.2, 0.25) is 0 Å². The van der Waals surface area contributed by atoms with E-state index in [-0.39, 0.29) is 6.04 Å². The van der Waals surface area contributed by atoms with Crippen molar-refractivity contribution in [2.24, 2.45) is 5.73 Å². The number of methoxy groups -OCH3 is 1. The third-order valence-electron chi connectivity index (χ3n) is 2.74. The molecule has 0 fully saturated rings. The maximum atomic E-state index is 6.14. The number of rotatable bonds is 1. The van der Waals surface area contributed by atoms with Crippen LogP contribution in [0, 0.1) is 0 Å². The Balaban J connectivity index is 2.47. The Bertz CT molecular complexity index is 340. The lowest BCUT2D eigenvalue weighted by atomic mass is 9.98. The lowest BCUT2D eigenvalue weighted by Gasteiger charge is -2.28. The fraction of sp³-hybridized carbons (Fsp3) is 0.455. The topological polar surface area (TPSA) is 35.2 Å². The fourth-order valence-electron chi connectivity index (χ4n) is 1.81. The molecule has 2 nitrogen and oxygen atoms in total. The third-order valence-corrected chi connectivity index (χ3v) is 4.02. The van der Waals surface area contributed by atoms with Crippen molar-refractivity contribution < 1.29 is 4.74 Å². The number of ether oxygens (including phenoxy) is 1.